The number of ether oxygens (including phenoxy) is 3. The van der Waals surface area contributed by atoms with Gasteiger partial charge in [-0.05, 0) is 34.4 Å². The lowest BCUT2D eigenvalue weighted by Gasteiger charge is -2.39. The number of aryl methyl sites for hydroxylation is 1. The van der Waals surface area contributed by atoms with Crippen LogP contribution >= 0.6 is 39.0 Å². The summed E-state index contributed by atoms with van der Waals surface area (Å²) in [4.78, 5) is 25.1. The zero-order chi connectivity index (χ0) is 31.7. The van der Waals surface area contributed by atoms with Gasteiger partial charge in [0, 0.05) is 61.6 Å². The molecule has 0 saturated carbocycles. The highest BCUT2D eigenvalue weighted by Crippen LogP contribution is 2.48. The van der Waals surface area contributed by atoms with Gasteiger partial charge in [0.05, 0.1) is 19.5 Å². The zero-order valence-corrected chi connectivity index (χ0v) is 28.4. The summed E-state index contributed by atoms with van der Waals surface area (Å²) in [7, 11) is 0. The Bertz CT molecular complexity index is 1710. The van der Waals surface area contributed by atoms with E-state index >= 15 is 0 Å². The van der Waals surface area contributed by atoms with Gasteiger partial charge in [-0.2, -0.15) is 0 Å². The average Bonchev–Trinajstić information content (AvgIpc) is 3.89. The Labute approximate surface area is 283 Å². The number of piperazine rings is 1. The number of rotatable bonds is 10. The quantitative estimate of drug-likeness (QED) is 0.108. The normalized spacial score (nSPS) is 24.5. The zero-order valence-electron chi connectivity index (χ0n) is 25.2. The van der Waals surface area contributed by atoms with E-state index in [-0.39, 0.29) is 16.8 Å². The third-order valence-corrected chi connectivity index (χ3v) is 12.0. The predicted molar refractivity (Wildman–Crippen MR) is 184 cm³/mol. The first-order valence-corrected chi connectivity index (χ1v) is 17.7. The van der Waals surface area contributed by atoms with Crippen LogP contribution in [0.3, 0.4) is 0 Å². The number of nitro groups is 1. The number of imidazole rings is 1. The average molecular weight is 726 g/mol. The molecule has 2 fully saturated rings. The smallest absolute Gasteiger partial charge is 0.384 e. The Balaban J connectivity index is 0.975. The highest BCUT2D eigenvalue weighted by molar-refractivity contribution is 9.10. The van der Waals surface area contributed by atoms with Gasteiger partial charge in [0.15, 0.2) is 0 Å². The van der Waals surface area contributed by atoms with Crippen molar-refractivity contribution < 1.29 is 19.1 Å². The minimum atomic E-state index is -0.887. The van der Waals surface area contributed by atoms with Crippen LogP contribution in [0, 0.1) is 17.0 Å². The number of aromatic nitrogens is 3. The maximum Gasteiger partial charge on any atom is 0.384 e. The molecule has 2 aromatic carbocycles. The predicted octanol–water partition coefficient (Wildman–Crippen LogP) is 6.13. The molecule has 14 heteroatoms. The van der Waals surface area contributed by atoms with E-state index in [1.807, 2.05) is 54.1 Å². The van der Waals surface area contributed by atoms with Gasteiger partial charge < -0.3 is 38.7 Å². The molecule has 0 radical (unpaired) electrons. The van der Waals surface area contributed by atoms with Crippen LogP contribution in [0.2, 0.25) is 0 Å². The number of thiazole rings is 1. The van der Waals surface area contributed by atoms with E-state index in [0.29, 0.717) is 42.9 Å². The van der Waals surface area contributed by atoms with E-state index < -0.39 is 10.1 Å². The van der Waals surface area contributed by atoms with E-state index in [9.17, 15) is 10.1 Å². The number of halogens is 1. The molecular weight excluding hydrogens is 692 g/mol. The molecule has 46 heavy (non-hydrogen) atoms. The van der Waals surface area contributed by atoms with Crippen molar-refractivity contribution in [3.63, 3.8) is 0 Å². The second kappa shape index (κ2) is 13.0. The molecule has 7 rings (SSSR count). The van der Waals surface area contributed by atoms with Gasteiger partial charge in [0.1, 0.15) is 27.7 Å². The SMILES string of the molecule is Cc1ccc(-c2sc(N3CCN(c4cccc(OCC5COC(Cn6ccnc6)(C6(Br)C=CSC6)O5)c4)CC3)nc2[N+](=O)[O-])cc1. The summed E-state index contributed by atoms with van der Waals surface area (Å²) in [6, 6.07) is 15.8. The molecule has 3 unspecified atom stereocenters. The Morgan fingerprint density at radius 2 is 1.96 bits per heavy atom. The minimum absolute atomic E-state index is 0.0864. The molecule has 2 aromatic heterocycles. The van der Waals surface area contributed by atoms with E-state index in [4.69, 9.17) is 14.2 Å². The van der Waals surface area contributed by atoms with E-state index in [0.717, 1.165) is 41.4 Å². The molecular formula is C32H33BrN6O5S2. The van der Waals surface area contributed by atoms with Crippen LogP contribution < -0.4 is 14.5 Å². The number of hydrogen-bond donors (Lipinski definition) is 0. The van der Waals surface area contributed by atoms with Gasteiger partial charge in [0.2, 0.25) is 5.79 Å². The summed E-state index contributed by atoms with van der Waals surface area (Å²) >= 11 is 7.03. The summed E-state index contributed by atoms with van der Waals surface area (Å²) in [5.74, 6) is 0.593. The lowest BCUT2D eigenvalue weighted by atomic mass is 10.00. The van der Waals surface area contributed by atoms with Gasteiger partial charge in [-0.25, -0.2) is 4.98 Å². The van der Waals surface area contributed by atoms with Gasteiger partial charge in [0.25, 0.3) is 0 Å². The van der Waals surface area contributed by atoms with Crippen LogP contribution in [0.25, 0.3) is 10.4 Å². The third-order valence-electron chi connectivity index (χ3n) is 8.42. The first kappa shape index (κ1) is 31.2. The van der Waals surface area contributed by atoms with Crippen LogP contribution in [-0.2, 0) is 16.0 Å². The van der Waals surface area contributed by atoms with Crippen molar-refractivity contribution in [3.8, 4) is 16.2 Å². The molecule has 0 bridgehead atoms. The van der Waals surface area contributed by atoms with Crippen LogP contribution in [0.1, 0.15) is 5.56 Å². The lowest BCUT2D eigenvalue weighted by Crippen LogP contribution is -2.53. The maximum atomic E-state index is 11.8. The van der Waals surface area contributed by atoms with Crippen molar-refractivity contribution in [1.82, 2.24) is 14.5 Å². The van der Waals surface area contributed by atoms with E-state index in [1.165, 1.54) is 11.3 Å². The molecule has 3 aliphatic heterocycles. The molecule has 2 saturated heterocycles. The Morgan fingerprint density at radius 1 is 1.15 bits per heavy atom. The third kappa shape index (κ3) is 6.28. The van der Waals surface area contributed by atoms with E-state index in [2.05, 4.69) is 59.3 Å². The van der Waals surface area contributed by atoms with Crippen LogP contribution in [0.4, 0.5) is 16.6 Å². The molecule has 3 aliphatic rings. The highest BCUT2D eigenvalue weighted by atomic mass is 79.9. The van der Waals surface area contributed by atoms with Gasteiger partial charge in [-0.1, -0.05) is 69.2 Å². The van der Waals surface area contributed by atoms with Crippen molar-refractivity contribution in [2.24, 2.45) is 0 Å². The Hall–Kier alpha value is -3.43. The topological polar surface area (TPSA) is 108 Å². The first-order chi connectivity index (χ1) is 22.3. The standard InChI is InChI=1S/C32H33BrN6O5S2/c1-23-5-7-24(8-6-23)28-29(39(40)41)35-30(46-28)38-14-12-37(13-15-38)25-3-2-4-26(17-25)42-18-27-19-43-32(44-27,20-36-11-10-34-22-36)31(33)9-16-45-21-31/h2-11,16-17,22,27H,12-15,18-21H2,1H3. The summed E-state index contributed by atoms with van der Waals surface area (Å²) in [5.41, 5.74) is 2.99. The lowest BCUT2D eigenvalue weighted by molar-refractivity contribution is -0.388. The Morgan fingerprint density at radius 3 is 2.67 bits per heavy atom. The maximum absolute atomic E-state index is 11.8. The van der Waals surface area contributed by atoms with Crippen LogP contribution in [0.5, 0.6) is 5.75 Å². The second-order valence-corrected chi connectivity index (χ2v) is 14.9. The molecule has 0 amide bonds. The second-order valence-electron chi connectivity index (χ2n) is 11.6. The summed E-state index contributed by atoms with van der Waals surface area (Å²) in [5, 5.41) is 14.6. The molecule has 240 valence electrons. The van der Waals surface area contributed by atoms with Crippen LogP contribution in [0.15, 0.2) is 78.7 Å². The summed E-state index contributed by atoms with van der Waals surface area (Å²) in [6.45, 7) is 6.20. The van der Waals surface area contributed by atoms with Crippen molar-refractivity contribution >= 4 is 55.7 Å². The van der Waals surface area contributed by atoms with Crippen molar-refractivity contribution in [1.29, 1.82) is 0 Å². The fraction of sp³-hybridized carbons (Fsp3) is 0.375. The number of benzene rings is 2. The highest BCUT2D eigenvalue weighted by Gasteiger charge is 2.57. The molecule has 0 N–H and O–H groups in total. The molecule has 5 heterocycles. The number of nitrogens with zero attached hydrogens (tertiary/aromatic N) is 6. The fourth-order valence-corrected chi connectivity index (χ4v) is 8.99. The van der Waals surface area contributed by atoms with E-state index in [1.54, 1.807) is 24.3 Å². The first-order valence-electron chi connectivity index (χ1n) is 15.0. The largest absolute Gasteiger partial charge is 0.491 e. The van der Waals surface area contributed by atoms with Crippen LogP contribution in [-0.4, -0.2) is 80.8 Å². The van der Waals surface area contributed by atoms with Gasteiger partial charge >= 0.3 is 10.9 Å². The van der Waals surface area contributed by atoms with Gasteiger partial charge in [-0.3, -0.25) is 0 Å². The van der Waals surface area contributed by atoms with Crippen molar-refractivity contribution in [3.05, 3.63) is 94.4 Å². The summed E-state index contributed by atoms with van der Waals surface area (Å²) < 4.78 is 20.8. The molecule has 0 aliphatic carbocycles. The number of hydrogen-bond acceptors (Lipinski definition) is 11. The minimum Gasteiger partial charge on any atom is -0.491 e. The number of anilines is 2. The van der Waals surface area contributed by atoms with Crippen molar-refractivity contribution in [2.45, 2.75) is 29.7 Å². The van der Waals surface area contributed by atoms with Crippen molar-refractivity contribution in [2.75, 3.05) is 54.9 Å². The molecule has 3 atom stereocenters. The fourth-order valence-electron chi connectivity index (χ4n) is 5.88. The number of thioether (sulfide) groups is 1. The molecule has 4 aromatic rings. The molecule has 0 spiro atoms. The monoisotopic (exact) mass is 724 g/mol. The van der Waals surface area contributed by atoms with Gasteiger partial charge in [-0.15, -0.1) is 11.8 Å². The Kier molecular flexibility index (Phi) is 8.81. The number of alkyl halides is 1. The summed E-state index contributed by atoms with van der Waals surface area (Å²) in [6.07, 6.45) is 7.31. The molecule has 11 nitrogen and oxygen atoms in total.